The third kappa shape index (κ3) is 6.08. The summed E-state index contributed by atoms with van der Waals surface area (Å²) in [5.74, 6) is 0. The van der Waals surface area contributed by atoms with Gasteiger partial charge in [-0.1, -0.05) is 216 Å². The Labute approximate surface area is 440 Å². The largest absolute Gasteiger partial charge is 0.310 e. The molecule has 3 aliphatic carbocycles. The van der Waals surface area contributed by atoms with E-state index >= 15 is 0 Å². The van der Waals surface area contributed by atoms with Crippen molar-refractivity contribution in [3.05, 3.63) is 299 Å². The summed E-state index contributed by atoms with van der Waals surface area (Å²) in [4.78, 5) is 4.90. The molecule has 1 aliphatic heterocycles. The topological polar surface area (TPSA) is 6.48 Å². The maximum Gasteiger partial charge on any atom is 0.0754 e. The molecule has 0 amide bonds. The minimum Gasteiger partial charge on any atom is -0.310 e. The highest BCUT2D eigenvalue weighted by atomic mass is 15.2. The monoisotopic (exact) mass is 958 g/mol. The van der Waals surface area contributed by atoms with E-state index in [9.17, 15) is 0 Å². The summed E-state index contributed by atoms with van der Waals surface area (Å²) < 4.78 is 0. The Bertz CT molecular complexity index is 4070. The molecule has 0 radical (unpaired) electrons. The van der Waals surface area contributed by atoms with Crippen LogP contribution in [0, 0.1) is 0 Å². The molecule has 0 bridgehead atoms. The lowest BCUT2D eigenvalue weighted by Gasteiger charge is -2.45. The first-order valence-electron chi connectivity index (χ1n) is 26.5. The third-order valence-electron chi connectivity index (χ3n) is 17.5. The van der Waals surface area contributed by atoms with Crippen molar-refractivity contribution in [2.24, 2.45) is 0 Å². The smallest absolute Gasteiger partial charge is 0.0754 e. The minimum absolute atomic E-state index is 0.0618. The number of rotatable bonds is 6. The Hall–Kier alpha value is -8.98. The summed E-state index contributed by atoms with van der Waals surface area (Å²) in [6.45, 7) is 9.46. The van der Waals surface area contributed by atoms with Gasteiger partial charge >= 0.3 is 0 Å². The lowest BCUT2D eigenvalue weighted by atomic mass is 9.64. The van der Waals surface area contributed by atoms with Crippen LogP contribution in [0.25, 0.3) is 55.6 Å². The Morgan fingerprint density at radius 2 is 0.707 bits per heavy atom. The van der Waals surface area contributed by atoms with E-state index in [0.29, 0.717) is 0 Å². The SMILES string of the molecule is CC1(C)c2ccccc2-c2ccc(-c3ccc(N(c4ccc(-c5cccc6c5-c5ccccc5C65c6ccccc6N(c6ccccc6)c6ccccc65)cc4)c4ccc5c(c4)C(C)(C)c4ccccc4-5)cc3)cc21. The average molecular weight is 959 g/mol. The summed E-state index contributed by atoms with van der Waals surface area (Å²) in [5, 5.41) is 0. The zero-order chi connectivity index (χ0) is 50.2. The van der Waals surface area contributed by atoms with Crippen molar-refractivity contribution in [1.29, 1.82) is 0 Å². The molecule has 15 rings (SSSR count). The molecule has 11 aromatic carbocycles. The highest BCUT2D eigenvalue weighted by molar-refractivity contribution is 6.00. The standard InChI is InChI=1S/C73H54N2/c1-71(2)60-25-11-8-21-55(60)57-43-37-49(45-66(57)71)47-33-38-51(39-34-47)74(53-42-44-58-56-22-9-12-26-61(56)72(3,4)67(58)46-53)52-40-35-48(36-41-52)54-24-18-30-65-70(54)59-23-10-13-27-62(59)73(65)63-28-14-16-31-68(63)75(50-19-6-5-7-20-50)69-32-17-15-29-64(69)73/h5-46H,1-4H3. The first kappa shape index (κ1) is 43.6. The van der Waals surface area contributed by atoms with Crippen LogP contribution in [-0.2, 0) is 16.2 Å². The predicted octanol–water partition coefficient (Wildman–Crippen LogP) is 19.2. The quantitative estimate of drug-likeness (QED) is 0.164. The van der Waals surface area contributed by atoms with E-state index in [1.807, 2.05) is 0 Å². The van der Waals surface area contributed by atoms with Crippen LogP contribution in [0.5, 0.6) is 0 Å². The van der Waals surface area contributed by atoms with Gasteiger partial charge in [-0.05, 0) is 167 Å². The molecule has 1 heterocycles. The summed E-state index contributed by atoms with van der Waals surface area (Å²) in [6.07, 6.45) is 0. The molecule has 0 aromatic heterocycles. The van der Waals surface area contributed by atoms with Crippen LogP contribution in [0.4, 0.5) is 34.1 Å². The summed E-state index contributed by atoms with van der Waals surface area (Å²) in [5.41, 5.74) is 29.7. The fraction of sp³-hybridized carbons (Fsp3) is 0.0959. The van der Waals surface area contributed by atoms with E-state index in [0.717, 1.165) is 22.7 Å². The van der Waals surface area contributed by atoms with Crippen LogP contribution in [0.3, 0.4) is 0 Å². The molecule has 0 fully saturated rings. The van der Waals surface area contributed by atoms with Gasteiger partial charge in [-0.25, -0.2) is 0 Å². The van der Waals surface area contributed by atoms with Crippen LogP contribution in [0.2, 0.25) is 0 Å². The molecule has 0 N–H and O–H groups in total. The van der Waals surface area contributed by atoms with Gasteiger partial charge in [0.2, 0.25) is 0 Å². The van der Waals surface area contributed by atoms with Crippen LogP contribution in [-0.4, -0.2) is 0 Å². The van der Waals surface area contributed by atoms with Gasteiger partial charge in [0.15, 0.2) is 0 Å². The summed E-state index contributed by atoms with van der Waals surface area (Å²) in [6, 6.07) is 95.7. The molecular weight excluding hydrogens is 905 g/mol. The molecule has 0 atom stereocenters. The second-order valence-electron chi connectivity index (χ2n) is 22.0. The second kappa shape index (κ2) is 16.0. The van der Waals surface area contributed by atoms with Crippen molar-refractivity contribution in [2.45, 2.75) is 43.9 Å². The van der Waals surface area contributed by atoms with Crippen LogP contribution in [0.15, 0.2) is 255 Å². The lowest BCUT2D eigenvalue weighted by Crippen LogP contribution is -2.36. The first-order chi connectivity index (χ1) is 36.7. The number of hydrogen-bond acceptors (Lipinski definition) is 2. The Morgan fingerprint density at radius 1 is 0.280 bits per heavy atom. The molecule has 0 saturated heterocycles. The van der Waals surface area contributed by atoms with E-state index < -0.39 is 5.41 Å². The van der Waals surface area contributed by atoms with Gasteiger partial charge in [0.05, 0.1) is 16.8 Å². The fourth-order valence-corrected chi connectivity index (χ4v) is 14.0. The molecule has 2 heteroatoms. The zero-order valence-corrected chi connectivity index (χ0v) is 42.6. The Kier molecular flexibility index (Phi) is 9.30. The van der Waals surface area contributed by atoms with E-state index in [-0.39, 0.29) is 10.8 Å². The molecule has 0 unspecified atom stereocenters. The Morgan fingerprint density at radius 3 is 1.32 bits per heavy atom. The maximum absolute atomic E-state index is 2.45. The van der Waals surface area contributed by atoms with Crippen molar-refractivity contribution in [2.75, 3.05) is 9.80 Å². The van der Waals surface area contributed by atoms with E-state index in [1.54, 1.807) is 0 Å². The number of benzene rings is 11. The van der Waals surface area contributed by atoms with Gasteiger partial charge in [-0.15, -0.1) is 0 Å². The van der Waals surface area contributed by atoms with Gasteiger partial charge in [0, 0.05) is 33.6 Å². The number of para-hydroxylation sites is 3. The summed E-state index contributed by atoms with van der Waals surface area (Å²) in [7, 11) is 0. The molecule has 0 saturated carbocycles. The highest BCUT2D eigenvalue weighted by Gasteiger charge is 2.52. The van der Waals surface area contributed by atoms with E-state index in [2.05, 4.69) is 292 Å². The lowest BCUT2D eigenvalue weighted by molar-refractivity contribution is 0.660. The van der Waals surface area contributed by atoms with Gasteiger partial charge in [-0.3, -0.25) is 0 Å². The number of hydrogen-bond donors (Lipinski definition) is 0. The third-order valence-corrected chi connectivity index (χ3v) is 17.5. The number of nitrogens with zero attached hydrogens (tertiary/aromatic N) is 2. The molecule has 11 aromatic rings. The average Bonchev–Trinajstić information content (AvgIpc) is 4.12. The molecule has 356 valence electrons. The first-order valence-corrected chi connectivity index (χ1v) is 26.5. The molecule has 1 spiro atoms. The van der Waals surface area contributed by atoms with E-state index in [4.69, 9.17) is 0 Å². The minimum atomic E-state index is -0.523. The molecule has 2 nitrogen and oxygen atoms in total. The molecular formula is C73H54N2. The van der Waals surface area contributed by atoms with Gasteiger partial charge in [0.1, 0.15) is 0 Å². The van der Waals surface area contributed by atoms with Crippen LogP contribution < -0.4 is 9.80 Å². The Balaban J connectivity index is 0.859. The molecule has 4 aliphatic rings. The predicted molar refractivity (Wildman–Crippen MR) is 313 cm³/mol. The van der Waals surface area contributed by atoms with Crippen molar-refractivity contribution in [3.8, 4) is 55.6 Å². The molecule has 75 heavy (non-hydrogen) atoms. The van der Waals surface area contributed by atoms with Gasteiger partial charge < -0.3 is 9.80 Å². The van der Waals surface area contributed by atoms with Crippen molar-refractivity contribution < 1.29 is 0 Å². The number of fused-ring (bicyclic) bond motifs is 15. The van der Waals surface area contributed by atoms with Crippen molar-refractivity contribution in [3.63, 3.8) is 0 Å². The van der Waals surface area contributed by atoms with Crippen molar-refractivity contribution >= 4 is 34.1 Å². The van der Waals surface area contributed by atoms with E-state index in [1.165, 1.54) is 112 Å². The highest BCUT2D eigenvalue weighted by Crippen LogP contribution is 2.64. The zero-order valence-electron chi connectivity index (χ0n) is 42.6. The van der Waals surface area contributed by atoms with Crippen LogP contribution in [0.1, 0.15) is 72.2 Å². The number of anilines is 6. The fourth-order valence-electron chi connectivity index (χ4n) is 14.0. The normalized spacial score (nSPS) is 15.0. The maximum atomic E-state index is 2.45. The van der Waals surface area contributed by atoms with Crippen LogP contribution >= 0.6 is 0 Å². The van der Waals surface area contributed by atoms with Crippen molar-refractivity contribution in [1.82, 2.24) is 0 Å². The summed E-state index contributed by atoms with van der Waals surface area (Å²) >= 11 is 0. The van der Waals surface area contributed by atoms with Gasteiger partial charge in [0.25, 0.3) is 0 Å². The second-order valence-corrected chi connectivity index (χ2v) is 22.0. The van der Waals surface area contributed by atoms with Gasteiger partial charge in [-0.2, -0.15) is 0 Å².